The third-order valence-corrected chi connectivity index (χ3v) is 3.10. The van der Waals surface area contributed by atoms with E-state index in [4.69, 9.17) is 0 Å². The second kappa shape index (κ2) is 5.41. The first-order valence-electron chi connectivity index (χ1n) is 4.94. The topological polar surface area (TPSA) is 49.8 Å². The van der Waals surface area contributed by atoms with E-state index >= 15 is 0 Å². The normalized spacial score (nSPS) is 15.9. The zero-order valence-corrected chi connectivity index (χ0v) is 10.5. The fourth-order valence-corrected chi connectivity index (χ4v) is 1.96. The molecule has 1 aliphatic rings. The number of rotatable bonds is 3. The van der Waals surface area contributed by atoms with Gasteiger partial charge in [-0.05, 0) is 35.6 Å². The van der Waals surface area contributed by atoms with Crippen molar-refractivity contribution in [3.63, 3.8) is 0 Å². The summed E-state index contributed by atoms with van der Waals surface area (Å²) in [6.07, 6.45) is 6.74. The molecule has 80 valence electrons. The molecule has 0 amide bonds. The van der Waals surface area contributed by atoms with Crippen LogP contribution in [0.5, 0.6) is 0 Å². The molecule has 0 unspecified atom stereocenters. The molecule has 2 N–H and O–H groups in total. The lowest BCUT2D eigenvalue weighted by Gasteiger charge is -2.15. The van der Waals surface area contributed by atoms with Crippen LogP contribution in [0.4, 0.5) is 5.82 Å². The Labute approximate surface area is 103 Å². The molecule has 2 heterocycles. The molecule has 0 aliphatic carbocycles. The molecular weight excluding hydrogens is 303 g/mol. The van der Waals surface area contributed by atoms with Gasteiger partial charge in [0, 0.05) is 19.3 Å². The van der Waals surface area contributed by atoms with Crippen molar-refractivity contribution in [2.75, 3.05) is 25.0 Å². The molecule has 4 nitrogen and oxygen atoms in total. The van der Waals surface area contributed by atoms with Gasteiger partial charge >= 0.3 is 0 Å². The number of nitrogens with one attached hydrogen (secondary N) is 2. The molecule has 0 saturated heterocycles. The molecule has 2 rings (SSSR count). The van der Waals surface area contributed by atoms with Crippen LogP contribution in [-0.4, -0.2) is 29.6 Å². The third kappa shape index (κ3) is 3.13. The van der Waals surface area contributed by atoms with Gasteiger partial charge in [0.05, 0.1) is 3.57 Å². The quantitative estimate of drug-likeness (QED) is 0.654. The van der Waals surface area contributed by atoms with E-state index in [9.17, 15) is 0 Å². The highest BCUT2D eigenvalue weighted by Gasteiger charge is 2.04. The number of aromatic nitrogens is 2. The van der Waals surface area contributed by atoms with Gasteiger partial charge in [-0.15, -0.1) is 0 Å². The first kappa shape index (κ1) is 10.8. The van der Waals surface area contributed by atoms with E-state index in [0.717, 1.165) is 35.4 Å². The molecule has 15 heavy (non-hydrogen) atoms. The van der Waals surface area contributed by atoms with Crippen molar-refractivity contribution < 1.29 is 0 Å². The summed E-state index contributed by atoms with van der Waals surface area (Å²) in [6, 6.07) is 0. The summed E-state index contributed by atoms with van der Waals surface area (Å²) < 4.78 is 1.06. The lowest BCUT2D eigenvalue weighted by Crippen LogP contribution is -2.23. The Kier molecular flexibility index (Phi) is 3.90. The van der Waals surface area contributed by atoms with Crippen molar-refractivity contribution in [1.29, 1.82) is 0 Å². The van der Waals surface area contributed by atoms with Crippen LogP contribution in [0.1, 0.15) is 6.42 Å². The molecule has 5 heteroatoms. The first-order chi connectivity index (χ1) is 7.36. The van der Waals surface area contributed by atoms with E-state index in [1.54, 1.807) is 6.33 Å². The van der Waals surface area contributed by atoms with E-state index in [1.807, 2.05) is 6.20 Å². The highest BCUT2D eigenvalue weighted by atomic mass is 127. The maximum absolute atomic E-state index is 4.19. The van der Waals surface area contributed by atoms with Crippen LogP contribution in [0, 0.1) is 3.57 Å². The van der Waals surface area contributed by atoms with E-state index in [0.29, 0.717) is 0 Å². The van der Waals surface area contributed by atoms with Crippen molar-refractivity contribution in [3.05, 3.63) is 27.7 Å². The Morgan fingerprint density at radius 3 is 3.20 bits per heavy atom. The molecule has 1 aromatic rings. The number of hydrogen-bond donors (Lipinski definition) is 2. The standard InChI is InChI=1S/C10H13IN4/c11-9-6-13-7-15-10(9)14-5-8-1-3-12-4-2-8/h1,6-7,12H,2-5H2,(H,13,14,15). The Hall–Kier alpha value is -0.690. The van der Waals surface area contributed by atoms with E-state index in [1.165, 1.54) is 5.57 Å². The summed E-state index contributed by atoms with van der Waals surface area (Å²) in [5.74, 6) is 0.921. The van der Waals surface area contributed by atoms with Gasteiger partial charge in [-0.1, -0.05) is 11.6 Å². The SMILES string of the molecule is Ic1cncnc1NCC1=CCNCC1. The molecule has 1 aromatic heterocycles. The van der Waals surface area contributed by atoms with Gasteiger partial charge < -0.3 is 10.6 Å². The second-order valence-electron chi connectivity index (χ2n) is 3.39. The Morgan fingerprint density at radius 2 is 2.47 bits per heavy atom. The van der Waals surface area contributed by atoms with Crippen molar-refractivity contribution in [1.82, 2.24) is 15.3 Å². The molecule has 1 aliphatic heterocycles. The maximum Gasteiger partial charge on any atom is 0.143 e. The van der Waals surface area contributed by atoms with Gasteiger partial charge in [-0.2, -0.15) is 0 Å². The average Bonchev–Trinajstić information content (AvgIpc) is 2.29. The lowest BCUT2D eigenvalue weighted by atomic mass is 10.1. The molecule has 0 fully saturated rings. The van der Waals surface area contributed by atoms with Crippen LogP contribution in [0.3, 0.4) is 0 Å². The third-order valence-electron chi connectivity index (χ3n) is 2.31. The molecule has 0 spiro atoms. The molecular formula is C10H13IN4. The zero-order valence-electron chi connectivity index (χ0n) is 8.33. The maximum atomic E-state index is 4.19. The summed E-state index contributed by atoms with van der Waals surface area (Å²) in [4.78, 5) is 8.15. The van der Waals surface area contributed by atoms with Crippen molar-refractivity contribution in [3.8, 4) is 0 Å². The lowest BCUT2D eigenvalue weighted by molar-refractivity contribution is 0.697. The smallest absolute Gasteiger partial charge is 0.143 e. The van der Waals surface area contributed by atoms with Crippen LogP contribution < -0.4 is 10.6 Å². The number of halogens is 1. The van der Waals surface area contributed by atoms with Gasteiger partial charge in [0.2, 0.25) is 0 Å². The minimum absolute atomic E-state index is 0.884. The summed E-state index contributed by atoms with van der Waals surface area (Å²) in [7, 11) is 0. The Morgan fingerprint density at radius 1 is 1.53 bits per heavy atom. The first-order valence-corrected chi connectivity index (χ1v) is 6.02. The molecule has 0 saturated carbocycles. The summed E-state index contributed by atoms with van der Waals surface area (Å²) in [6.45, 7) is 2.95. The molecule has 0 bridgehead atoms. The minimum Gasteiger partial charge on any atom is -0.365 e. The highest BCUT2D eigenvalue weighted by Crippen LogP contribution is 2.13. The Balaban J connectivity index is 1.93. The van der Waals surface area contributed by atoms with Crippen LogP contribution in [-0.2, 0) is 0 Å². The number of nitrogens with zero attached hydrogens (tertiary/aromatic N) is 2. The van der Waals surface area contributed by atoms with Gasteiger partial charge in [0.15, 0.2) is 0 Å². The van der Waals surface area contributed by atoms with Crippen molar-refractivity contribution in [2.45, 2.75) is 6.42 Å². The molecule has 0 aromatic carbocycles. The van der Waals surface area contributed by atoms with Crippen LogP contribution in [0.15, 0.2) is 24.2 Å². The highest BCUT2D eigenvalue weighted by molar-refractivity contribution is 14.1. The van der Waals surface area contributed by atoms with Crippen LogP contribution in [0.25, 0.3) is 0 Å². The van der Waals surface area contributed by atoms with E-state index in [2.05, 4.69) is 49.3 Å². The summed E-state index contributed by atoms with van der Waals surface area (Å²) in [5, 5.41) is 6.62. The minimum atomic E-state index is 0.884. The summed E-state index contributed by atoms with van der Waals surface area (Å²) in [5.41, 5.74) is 1.45. The average molecular weight is 316 g/mol. The van der Waals surface area contributed by atoms with Gasteiger partial charge in [-0.25, -0.2) is 9.97 Å². The molecule has 0 atom stereocenters. The zero-order chi connectivity index (χ0) is 10.5. The largest absolute Gasteiger partial charge is 0.365 e. The summed E-state index contributed by atoms with van der Waals surface area (Å²) >= 11 is 2.24. The van der Waals surface area contributed by atoms with Crippen molar-refractivity contribution in [2.24, 2.45) is 0 Å². The number of hydrogen-bond acceptors (Lipinski definition) is 4. The molecule has 0 radical (unpaired) electrons. The van der Waals surface area contributed by atoms with Gasteiger partial charge in [0.1, 0.15) is 12.1 Å². The Bertz CT molecular complexity index is 364. The van der Waals surface area contributed by atoms with E-state index in [-0.39, 0.29) is 0 Å². The van der Waals surface area contributed by atoms with Crippen LogP contribution >= 0.6 is 22.6 Å². The number of anilines is 1. The van der Waals surface area contributed by atoms with E-state index < -0.39 is 0 Å². The van der Waals surface area contributed by atoms with Crippen molar-refractivity contribution >= 4 is 28.4 Å². The second-order valence-corrected chi connectivity index (χ2v) is 4.55. The predicted molar refractivity (Wildman–Crippen MR) is 68.8 cm³/mol. The van der Waals surface area contributed by atoms with Crippen LogP contribution in [0.2, 0.25) is 0 Å². The predicted octanol–water partition coefficient (Wildman–Crippen LogP) is 1.41. The fraction of sp³-hybridized carbons (Fsp3) is 0.400. The fourth-order valence-electron chi connectivity index (χ4n) is 1.47. The van der Waals surface area contributed by atoms with Gasteiger partial charge in [0.25, 0.3) is 0 Å². The van der Waals surface area contributed by atoms with Gasteiger partial charge in [-0.3, -0.25) is 0 Å². The monoisotopic (exact) mass is 316 g/mol.